The molecule has 40 atom stereocenters. The summed E-state index contributed by atoms with van der Waals surface area (Å²) in [6, 6.07) is 0. The molecule has 30 aliphatic rings. The first-order valence-electron chi connectivity index (χ1n) is 30.1. The van der Waals surface area contributed by atoms with Gasteiger partial charge in [0.15, 0.2) is 50.3 Å². The van der Waals surface area contributed by atoms with Gasteiger partial charge in [-0.1, -0.05) is 0 Å². The summed E-state index contributed by atoms with van der Waals surface area (Å²) in [6.45, 7) is -8.90. The molecule has 0 radical (unpaired) electrons. The maximum absolute atomic E-state index is 12.7. The Morgan fingerprint density at radius 2 is 0.406 bits per heavy atom. The minimum atomic E-state index is -2.38. The highest BCUT2D eigenvalue weighted by Gasteiger charge is 2.60. The van der Waals surface area contributed by atoms with Crippen molar-refractivity contribution < 1.29 is 213 Å². The maximum Gasteiger partial charge on any atom is 0.306 e. The van der Waals surface area contributed by atoms with Gasteiger partial charge in [-0.15, -0.1) is 0 Å². The summed E-state index contributed by atoms with van der Waals surface area (Å²) in [5, 5.41) is 268. The molecule has 30 rings (SSSR count). The van der Waals surface area contributed by atoms with Gasteiger partial charge >= 0.3 is 5.97 Å². The van der Waals surface area contributed by atoms with Crippen LogP contribution in [0.1, 0.15) is 12.8 Å². The summed E-state index contributed by atoms with van der Waals surface area (Å²) in [5.74, 6) is -2.90. The van der Waals surface area contributed by atoms with Gasteiger partial charge in [-0.2, -0.15) is 0 Å². The molecule has 0 aliphatic carbocycles. The summed E-state index contributed by atoms with van der Waals surface area (Å²) in [7, 11) is 0. The van der Waals surface area contributed by atoms with E-state index < -0.39 is 323 Å². The van der Waals surface area contributed by atoms with E-state index in [9.17, 15) is 132 Å². The Kier molecular flexibility index (Phi) is 28.1. The van der Waals surface area contributed by atoms with Crippen molar-refractivity contribution in [1.29, 1.82) is 0 Å². The number of ether oxygens (including phenoxy) is 17. The van der Waals surface area contributed by atoms with Gasteiger partial charge in [-0.25, -0.2) is 0 Å². The lowest BCUT2D eigenvalue weighted by Gasteiger charge is -2.50. The largest absolute Gasteiger partial charge is 0.550 e. The standard InChI is InChI=1S/C52H84O43.H3N/c53-3-11-37-21(63)29(71)45(80-11)89-38-12(4-54)82-47(31(73)23(38)65)91-40-14(6-56)84-49(33(75)25(40)67)93-42-16(8-58)86-51(35(77)27(42)69)95-44-18(10-79-20(62)2-1-19(60)61)87-52(36(78)28(44)70)94-43-17(9-59)85-50(34(76)26(43)68)92-41-15(7-57)83-48(32(74)24(41)66)90-39-13(5-55)81-46(88-37)30(72)22(39)64;/h11-18,21-59,63-78H,1-10H2,(H,60,61);1H3/t11-,12-,13-,14-,15-,16-,17-,18-,21+,22-,23-,24+,25-,26+,27-,28-,29+,30-,31-,32+,33-,34+,35-,36-,37-,38-,39-,40-,41-,42-,43-,44-,45-,46-,47-,48-,49-,50-,51-,52-;/m1./s1. The average Bonchev–Trinajstić information content (AvgIpc) is 0.780. The molecule has 30 fully saturated rings. The van der Waals surface area contributed by atoms with Crippen LogP contribution < -0.4 is 11.3 Å². The van der Waals surface area contributed by atoms with Crippen molar-refractivity contribution in [3.8, 4) is 0 Å². The molecular formula is C52H87NO43. The zero-order chi connectivity index (χ0) is 69.3. The van der Waals surface area contributed by atoms with Crippen LogP contribution in [0.3, 0.4) is 0 Å². The van der Waals surface area contributed by atoms with Crippen molar-refractivity contribution in [3.05, 3.63) is 0 Å². The molecule has 0 spiro atoms. The average molecular weight is 1410 g/mol. The number of hydrogen-bond donors (Lipinski definition) is 24. The zero-order valence-corrected chi connectivity index (χ0v) is 50.6. The minimum Gasteiger partial charge on any atom is -0.550 e. The Morgan fingerprint density at radius 1 is 0.250 bits per heavy atom. The molecule has 558 valence electrons. The third-order valence-electron chi connectivity index (χ3n) is 17.7. The van der Waals surface area contributed by atoms with Gasteiger partial charge < -0.3 is 214 Å². The first-order valence-corrected chi connectivity index (χ1v) is 30.1. The summed E-state index contributed by atoms with van der Waals surface area (Å²) in [4.78, 5) is 23.8. The van der Waals surface area contributed by atoms with Crippen molar-refractivity contribution in [2.24, 2.45) is 0 Å². The van der Waals surface area contributed by atoms with Gasteiger partial charge in [0.1, 0.15) is 202 Å². The second kappa shape index (κ2) is 34.1. The lowest BCUT2D eigenvalue weighted by atomic mass is 9.94. The van der Waals surface area contributed by atoms with Gasteiger partial charge in [0.05, 0.1) is 52.7 Å². The Hall–Kier alpha value is -2.66. The van der Waals surface area contributed by atoms with Crippen LogP contribution in [0.25, 0.3) is 0 Å². The monoisotopic (exact) mass is 1410 g/mol. The molecule has 44 heteroatoms. The molecule has 27 N–H and O–H groups in total. The number of hydrogen-bond acceptors (Lipinski definition) is 43. The number of carbonyl (C=O) groups is 2. The number of carboxylic acids is 1. The van der Waals surface area contributed by atoms with Crippen LogP contribution in [0.15, 0.2) is 0 Å². The smallest absolute Gasteiger partial charge is 0.306 e. The van der Waals surface area contributed by atoms with Gasteiger partial charge in [0.2, 0.25) is 0 Å². The van der Waals surface area contributed by atoms with Crippen molar-refractivity contribution in [2.75, 3.05) is 52.9 Å². The Labute approximate surface area is 541 Å². The number of rotatable bonds is 12. The number of aliphatic hydroxyl groups is 23. The van der Waals surface area contributed by atoms with Gasteiger partial charge in [-0.05, 0) is 6.42 Å². The number of esters is 1. The fourth-order valence-electron chi connectivity index (χ4n) is 12.3. The molecule has 44 nitrogen and oxygen atoms in total. The summed E-state index contributed by atoms with van der Waals surface area (Å²) >= 11 is 0. The number of carboxylic acid groups (broad SMARTS) is 1. The highest BCUT2D eigenvalue weighted by atomic mass is 16.8. The Morgan fingerprint density at radius 3 is 0.562 bits per heavy atom. The molecule has 0 aromatic carbocycles. The first kappa shape index (κ1) is 79.0. The SMILES string of the molecule is O=C([O-])CCC(=O)OC[C@H]1O[C@@H]2O[C@H]3[C@@H](O)[C@H](O)[C@@H](O[C@H]4[C@@H](O)[C@H](O)[C@@H](O[C@H]5[C@H](O)[C@@H](O)[C@@H](O[C@H]6[C@@H](O)[C@H](O)[C@@H](O[C@H]7[C@H](O)[C@@H](O)[C@@H](O[C@H]8[C@H](O)[C@@H](O)[C@@H](O[C@H]9[C@H](O)[C@@H](O)[C@@H](O[C@H]1[C@H](O)[C@H]2O)O[C@@H]9CO)O[C@@H]8CO)O[C@@H]7CO)O[C@@H]6CO)O[C@@H]5CO)O[C@@H]4CO)O[C@@H]3CO.[NH4+]. The first-order chi connectivity index (χ1) is 45.1. The molecule has 0 amide bonds. The van der Waals surface area contributed by atoms with Crippen molar-refractivity contribution in [2.45, 2.75) is 258 Å². The molecule has 30 aliphatic heterocycles. The van der Waals surface area contributed by atoms with Crippen molar-refractivity contribution in [3.63, 3.8) is 0 Å². The fraction of sp³-hybridized carbons (Fsp3) is 0.962. The van der Waals surface area contributed by atoms with Gasteiger partial charge in [0, 0.05) is 5.97 Å². The van der Waals surface area contributed by atoms with Crippen molar-refractivity contribution in [1.82, 2.24) is 6.15 Å². The third kappa shape index (κ3) is 16.4. The van der Waals surface area contributed by atoms with Crippen LogP contribution in [0.4, 0.5) is 0 Å². The van der Waals surface area contributed by atoms with Crippen LogP contribution in [-0.2, 0) is 90.1 Å². The predicted molar refractivity (Wildman–Crippen MR) is 285 cm³/mol. The lowest BCUT2D eigenvalue weighted by molar-refractivity contribution is -0.404. The number of aliphatic hydroxyl groups excluding tert-OH is 23. The molecular weight excluding hydrogens is 1330 g/mol. The summed E-state index contributed by atoms with van der Waals surface area (Å²) < 4.78 is 96.7. The molecule has 0 saturated carbocycles. The molecule has 16 bridgehead atoms. The van der Waals surface area contributed by atoms with Crippen LogP contribution in [0.2, 0.25) is 0 Å². The molecule has 0 aromatic heterocycles. The number of carbonyl (C=O) groups excluding carboxylic acids is 2. The molecule has 30 heterocycles. The molecule has 0 aromatic rings. The van der Waals surface area contributed by atoms with E-state index in [1.165, 1.54) is 0 Å². The van der Waals surface area contributed by atoms with E-state index in [2.05, 4.69) is 0 Å². The summed E-state index contributed by atoms with van der Waals surface area (Å²) in [6.07, 6.45) is -86.2. The van der Waals surface area contributed by atoms with Gasteiger partial charge in [-0.3, -0.25) is 4.79 Å². The van der Waals surface area contributed by atoms with Crippen LogP contribution in [-0.4, -0.2) is 428 Å². The van der Waals surface area contributed by atoms with E-state index in [1.807, 2.05) is 0 Å². The number of aliphatic carboxylic acids is 1. The molecule has 30 saturated heterocycles. The zero-order valence-electron chi connectivity index (χ0n) is 50.6. The second-order valence-electron chi connectivity index (χ2n) is 23.8. The van der Waals surface area contributed by atoms with Gasteiger partial charge in [0.25, 0.3) is 0 Å². The highest BCUT2D eigenvalue weighted by molar-refractivity contribution is 5.75. The summed E-state index contributed by atoms with van der Waals surface area (Å²) in [5.41, 5.74) is 0. The van der Waals surface area contributed by atoms with E-state index in [0.29, 0.717) is 0 Å². The van der Waals surface area contributed by atoms with Crippen LogP contribution in [0.5, 0.6) is 0 Å². The maximum atomic E-state index is 12.7. The van der Waals surface area contributed by atoms with Crippen LogP contribution in [0, 0.1) is 0 Å². The molecule has 0 unspecified atom stereocenters. The van der Waals surface area contributed by atoms with E-state index in [4.69, 9.17) is 80.5 Å². The van der Waals surface area contributed by atoms with E-state index in [1.54, 1.807) is 0 Å². The van der Waals surface area contributed by atoms with Crippen LogP contribution >= 0.6 is 0 Å². The second-order valence-corrected chi connectivity index (χ2v) is 23.8. The van der Waals surface area contributed by atoms with E-state index >= 15 is 0 Å². The Bertz CT molecular complexity index is 2400. The normalized spacial score (nSPS) is 51.5. The van der Waals surface area contributed by atoms with E-state index in [-0.39, 0.29) is 6.15 Å². The van der Waals surface area contributed by atoms with Crippen molar-refractivity contribution >= 4 is 11.9 Å². The van der Waals surface area contributed by atoms with E-state index in [0.717, 1.165) is 0 Å². The predicted octanol–water partition coefficient (Wildman–Crippen LogP) is -17.9. The lowest BCUT2D eigenvalue weighted by Crippen LogP contribution is -2.69. The highest BCUT2D eigenvalue weighted by Crippen LogP contribution is 2.40. The quantitative estimate of drug-likeness (QED) is 0.0807. The molecule has 96 heavy (non-hydrogen) atoms. The topological polar surface area (TPSA) is 716 Å². The third-order valence-corrected chi connectivity index (χ3v) is 17.7. The number of quaternary nitrogens is 1. The minimum absolute atomic E-state index is 0. The Balaban J connectivity index is 0.0000118. The fourth-order valence-corrected chi connectivity index (χ4v) is 12.3.